The van der Waals surface area contributed by atoms with Crippen LogP contribution in [-0.4, -0.2) is 17.0 Å². The number of aromatic nitrogens is 2. The first-order chi connectivity index (χ1) is 8.29. The molecule has 0 spiro atoms. The molecule has 0 saturated carbocycles. The van der Waals surface area contributed by atoms with Gasteiger partial charge in [-0.05, 0) is 23.8 Å². The molecule has 0 unspecified atom stereocenters. The van der Waals surface area contributed by atoms with Gasteiger partial charge >= 0.3 is 0 Å². The van der Waals surface area contributed by atoms with Crippen molar-refractivity contribution in [1.29, 1.82) is 0 Å². The molecule has 0 aliphatic rings. The number of rotatable bonds is 4. The lowest BCUT2D eigenvalue weighted by Gasteiger charge is -2.18. The van der Waals surface area contributed by atoms with Gasteiger partial charge < -0.3 is 10.6 Å². The third-order valence-electron chi connectivity index (χ3n) is 2.60. The van der Waals surface area contributed by atoms with Crippen molar-refractivity contribution < 1.29 is 0 Å². The molecule has 17 heavy (non-hydrogen) atoms. The van der Waals surface area contributed by atoms with Crippen molar-refractivity contribution in [1.82, 2.24) is 9.97 Å². The Labute approximate surface area is 101 Å². The molecule has 2 aromatic rings. The maximum absolute atomic E-state index is 5.52. The monoisotopic (exact) mass is 228 g/mol. The van der Waals surface area contributed by atoms with E-state index in [4.69, 9.17) is 5.73 Å². The Morgan fingerprint density at radius 1 is 1.24 bits per heavy atom. The molecule has 0 fully saturated rings. The van der Waals surface area contributed by atoms with Gasteiger partial charge in [-0.3, -0.25) is 9.97 Å². The molecular weight excluding hydrogens is 212 g/mol. The molecule has 2 rings (SSSR count). The van der Waals surface area contributed by atoms with E-state index < -0.39 is 0 Å². The van der Waals surface area contributed by atoms with Gasteiger partial charge in [0.1, 0.15) is 0 Å². The Kier molecular flexibility index (Phi) is 3.67. The van der Waals surface area contributed by atoms with Crippen LogP contribution < -0.4 is 10.6 Å². The highest BCUT2D eigenvalue weighted by Crippen LogP contribution is 2.13. The number of pyridine rings is 2. The summed E-state index contributed by atoms with van der Waals surface area (Å²) in [5.74, 6) is 0. The summed E-state index contributed by atoms with van der Waals surface area (Å²) in [4.78, 5) is 10.5. The summed E-state index contributed by atoms with van der Waals surface area (Å²) in [5, 5.41) is 0. The highest BCUT2D eigenvalue weighted by atomic mass is 15.1. The van der Waals surface area contributed by atoms with E-state index in [1.165, 1.54) is 5.56 Å². The van der Waals surface area contributed by atoms with Crippen molar-refractivity contribution in [2.24, 2.45) is 5.73 Å². The highest BCUT2D eigenvalue weighted by Gasteiger charge is 2.02. The van der Waals surface area contributed by atoms with Crippen LogP contribution in [0.15, 0.2) is 42.9 Å². The SMILES string of the molecule is CN(Cc1cccnc1)c1ccc(CN)nc1. The van der Waals surface area contributed by atoms with Crippen molar-refractivity contribution >= 4 is 5.69 Å². The molecular formula is C13H16N4. The fourth-order valence-electron chi connectivity index (χ4n) is 1.62. The van der Waals surface area contributed by atoms with Crippen LogP contribution in [0.3, 0.4) is 0 Å². The minimum atomic E-state index is 0.479. The molecule has 2 aromatic heterocycles. The van der Waals surface area contributed by atoms with Crippen molar-refractivity contribution in [3.8, 4) is 0 Å². The molecule has 2 N–H and O–H groups in total. The number of nitrogens with zero attached hydrogens (tertiary/aromatic N) is 3. The van der Waals surface area contributed by atoms with Crippen molar-refractivity contribution in [2.45, 2.75) is 13.1 Å². The Hall–Kier alpha value is -1.94. The summed E-state index contributed by atoms with van der Waals surface area (Å²) in [6, 6.07) is 7.99. The molecule has 0 aromatic carbocycles. The minimum absolute atomic E-state index is 0.479. The molecule has 4 nitrogen and oxygen atoms in total. The van der Waals surface area contributed by atoms with Crippen LogP contribution in [0.5, 0.6) is 0 Å². The zero-order valence-electron chi connectivity index (χ0n) is 9.87. The number of hydrogen-bond acceptors (Lipinski definition) is 4. The van der Waals surface area contributed by atoms with Gasteiger partial charge in [0.25, 0.3) is 0 Å². The summed E-state index contributed by atoms with van der Waals surface area (Å²) >= 11 is 0. The predicted molar refractivity (Wildman–Crippen MR) is 68.5 cm³/mol. The molecule has 0 bridgehead atoms. The van der Waals surface area contributed by atoms with Crippen LogP contribution in [0.25, 0.3) is 0 Å². The van der Waals surface area contributed by atoms with E-state index in [0.29, 0.717) is 6.54 Å². The number of hydrogen-bond donors (Lipinski definition) is 1. The van der Waals surface area contributed by atoms with E-state index >= 15 is 0 Å². The summed E-state index contributed by atoms with van der Waals surface area (Å²) in [6.45, 7) is 1.30. The minimum Gasteiger partial charge on any atom is -0.369 e. The quantitative estimate of drug-likeness (QED) is 0.863. The van der Waals surface area contributed by atoms with E-state index in [0.717, 1.165) is 17.9 Å². The summed E-state index contributed by atoms with van der Waals surface area (Å²) < 4.78 is 0. The molecule has 0 aliphatic carbocycles. The van der Waals surface area contributed by atoms with Gasteiger partial charge in [0.2, 0.25) is 0 Å². The van der Waals surface area contributed by atoms with Gasteiger partial charge in [0.05, 0.1) is 17.6 Å². The van der Waals surface area contributed by atoms with Crippen LogP contribution in [0.4, 0.5) is 5.69 Å². The van der Waals surface area contributed by atoms with E-state index in [9.17, 15) is 0 Å². The van der Waals surface area contributed by atoms with Crippen LogP contribution in [0, 0.1) is 0 Å². The van der Waals surface area contributed by atoms with Crippen molar-refractivity contribution in [2.75, 3.05) is 11.9 Å². The molecule has 0 amide bonds. The van der Waals surface area contributed by atoms with Crippen LogP contribution in [0.1, 0.15) is 11.3 Å². The largest absolute Gasteiger partial charge is 0.369 e. The molecule has 0 radical (unpaired) electrons. The number of nitrogens with two attached hydrogens (primary N) is 1. The van der Waals surface area contributed by atoms with Gasteiger partial charge in [0.15, 0.2) is 0 Å². The highest BCUT2D eigenvalue weighted by molar-refractivity contribution is 5.44. The second kappa shape index (κ2) is 5.41. The normalized spacial score (nSPS) is 10.2. The maximum Gasteiger partial charge on any atom is 0.0553 e. The van der Waals surface area contributed by atoms with Crippen LogP contribution in [-0.2, 0) is 13.1 Å². The Bertz CT molecular complexity index is 453. The molecule has 88 valence electrons. The third kappa shape index (κ3) is 3.01. The van der Waals surface area contributed by atoms with Gasteiger partial charge in [-0.25, -0.2) is 0 Å². The van der Waals surface area contributed by atoms with Crippen molar-refractivity contribution in [3.05, 3.63) is 54.1 Å². The lowest BCUT2D eigenvalue weighted by atomic mass is 10.2. The second-order valence-corrected chi connectivity index (χ2v) is 3.93. The molecule has 4 heteroatoms. The molecule has 0 aliphatic heterocycles. The van der Waals surface area contributed by atoms with E-state index in [1.807, 2.05) is 37.6 Å². The van der Waals surface area contributed by atoms with Gasteiger partial charge in [-0.2, -0.15) is 0 Å². The molecule has 0 saturated heterocycles. The average molecular weight is 228 g/mol. The summed E-state index contributed by atoms with van der Waals surface area (Å²) in [6.07, 6.45) is 5.50. The standard InChI is InChI=1S/C13H16N4/c1-17(10-11-3-2-6-15-8-11)13-5-4-12(7-14)16-9-13/h2-6,8-9H,7,10,14H2,1H3. The van der Waals surface area contributed by atoms with Gasteiger partial charge in [0, 0.05) is 32.5 Å². The summed E-state index contributed by atoms with van der Waals surface area (Å²) in [7, 11) is 2.03. The fourth-order valence-corrected chi connectivity index (χ4v) is 1.62. The first-order valence-corrected chi connectivity index (χ1v) is 5.54. The van der Waals surface area contributed by atoms with Gasteiger partial charge in [-0.1, -0.05) is 6.07 Å². The zero-order chi connectivity index (χ0) is 12.1. The van der Waals surface area contributed by atoms with E-state index in [-0.39, 0.29) is 0 Å². The lowest BCUT2D eigenvalue weighted by molar-refractivity contribution is 0.902. The van der Waals surface area contributed by atoms with Crippen LogP contribution in [0.2, 0.25) is 0 Å². The third-order valence-corrected chi connectivity index (χ3v) is 2.60. The Morgan fingerprint density at radius 2 is 2.12 bits per heavy atom. The zero-order valence-corrected chi connectivity index (χ0v) is 9.87. The second-order valence-electron chi connectivity index (χ2n) is 3.93. The maximum atomic E-state index is 5.52. The Balaban J connectivity index is 2.06. The predicted octanol–water partition coefficient (Wildman–Crippen LogP) is 1.57. The summed E-state index contributed by atoms with van der Waals surface area (Å²) in [5.41, 5.74) is 8.67. The topological polar surface area (TPSA) is 55.0 Å². The van der Waals surface area contributed by atoms with Crippen molar-refractivity contribution in [3.63, 3.8) is 0 Å². The smallest absolute Gasteiger partial charge is 0.0553 e. The van der Waals surface area contributed by atoms with Gasteiger partial charge in [-0.15, -0.1) is 0 Å². The van der Waals surface area contributed by atoms with E-state index in [2.05, 4.69) is 20.9 Å². The number of anilines is 1. The lowest BCUT2D eigenvalue weighted by Crippen LogP contribution is -2.16. The molecule has 2 heterocycles. The molecule has 0 atom stereocenters. The van der Waals surface area contributed by atoms with Crippen LogP contribution >= 0.6 is 0 Å². The first kappa shape index (κ1) is 11.5. The first-order valence-electron chi connectivity index (χ1n) is 5.54. The fraction of sp³-hybridized carbons (Fsp3) is 0.231. The average Bonchev–Trinajstić information content (AvgIpc) is 2.40. The van der Waals surface area contributed by atoms with E-state index in [1.54, 1.807) is 6.20 Å². The Morgan fingerprint density at radius 3 is 2.71 bits per heavy atom.